The summed E-state index contributed by atoms with van der Waals surface area (Å²) in [5.41, 5.74) is 1.05. The minimum absolute atomic E-state index is 0.0481. The molecule has 9 heteroatoms. The number of halogens is 1. The molecule has 0 bridgehead atoms. The van der Waals surface area contributed by atoms with Gasteiger partial charge in [-0.05, 0) is 17.7 Å². The molecule has 1 saturated heterocycles. The largest absolute Gasteiger partial charge is 0.338 e. The van der Waals surface area contributed by atoms with E-state index in [1.165, 1.54) is 11.3 Å². The number of hydrogen-bond acceptors (Lipinski definition) is 7. The van der Waals surface area contributed by atoms with Crippen molar-refractivity contribution < 1.29 is 4.79 Å². The van der Waals surface area contributed by atoms with Gasteiger partial charge in [0.25, 0.3) is 0 Å². The predicted molar refractivity (Wildman–Crippen MR) is 116 cm³/mol. The number of thiazole rings is 1. The molecular weight excluding hydrogens is 408 g/mol. The molecule has 0 atom stereocenters. The van der Waals surface area contributed by atoms with Crippen molar-refractivity contribution in [2.24, 2.45) is 0 Å². The Labute approximate surface area is 178 Å². The third kappa shape index (κ3) is 5.29. The highest BCUT2D eigenvalue weighted by atomic mass is 35.5. The van der Waals surface area contributed by atoms with Gasteiger partial charge in [-0.15, -0.1) is 11.3 Å². The first-order valence-electron chi connectivity index (χ1n) is 9.39. The van der Waals surface area contributed by atoms with Crippen molar-refractivity contribution in [3.05, 3.63) is 64.4 Å². The molecule has 0 unspecified atom stereocenters. The van der Waals surface area contributed by atoms with Crippen LogP contribution in [-0.4, -0.2) is 58.5 Å². The first-order valence-corrected chi connectivity index (χ1v) is 10.6. The van der Waals surface area contributed by atoms with Crippen LogP contribution in [0.25, 0.3) is 0 Å². The first kappa shape index (κ1) is 19.8. The number of nitrogens with one attached hydrogen (secondary N) is 1. The van der Waals surface area contributed by atoms with Gasteiger partial charge in [-0.2, -0.15) is 0 Å². The molecule has 1 N–H and O–H groups in total. The second-order valence-corrected chi connectivity index (χ2v) is 8.28. The highest BCUT2D eigenvalue weighted by Gasteiger charge is 2.20. The van der Waals surface area contributed by atoms with Crippen molar-refractivity contribution >= 4 is 39.9 Å². The van der Waals surface area contributed by atoms with Gasteiger partial charge in [0.2, 0.25) is 11.9 Å². The van der Waals surface area contributed by atoms with Crippen LogP contribution in [0.5, 0.6) is 0 Å². The second kappa shape index (κ2) is 9.30. The Balaban J connectivity index is 1.25. The number of benzene rings is 1. The van der Waals surface area contributed by atoms with Gasteiger partial charge in [0.15, 0.2) is 5.13 Å². The zero-order chi connectivity index (χ0) is 20.1. The average molecular weight is 429 g/mol. The van der Waals surface area contributed by atoms with Gasteiger partial charge in [-0.25, -0.2) is 15.0 Å². The molecular formula is C20H21ClN6OS. The number of aromatic nitrogens is 3. The van der Waals surface area contributed by atoms with Crippen molar-refractivity contribution in [2.45, 2.75) is 6.42 Å². The highest BCUT2D eigenvalue weighted by molar-refractivity contribution is 7.15. The summed E-state index contributed by atoms with van der Waals surface area (Å²) in [5, 5.41) is 4.27. The second-order valence-electron chi connectivity index (χ2n) is 6.76. The Morgan fingerprint density at radius 2 is 1.83 bits per heavy atom. The number of rotatable bonds is 6. The molecule has 3 heterocycles. The summed E-state index contributed by atoms with van der Waals surface area (Å²) >= 11 is 7.70. The lowest BCUT2D eigenvalue weighted by atomic mass is 10.1. The summed E-state index contributed by atoms with van der Waals surface area (Å²) in [7, 11) is 0. The molecule has 2 aromatic heterocycles. The Hall–Kier alpha value is -2.55. The number of carbonyl (C=O) groups is 1. The molecule has 0 aliphatic carbocycles. The van der Waals surface area contributed by atoms with Crippen molar-refractivity contribution in [3.8, 4) is 0 Å². The fourth-order valence-electron chi connectivity index (χ4n) is 3.20. The van der Waals surface area contributed by atoms with E-state index in [2.05, 4.69) is 30.1 Å². The Kier molecular flexibility index (Phi) is 6.33. The number of piperazine rings is 1. The summed E-state index contributed by atoms with van der Waals surface area (Å²) in [6.45, 7) is 3.54. The standard InChI is InChI=1S/C20H21ClN6OS/c21-17-5-2-1-4-15(17)12-16-13-24-20(29-16)25-18(28)14-26-8-10-27(11-9-26)19-22-6-3-7-23-19/h1-7,13H,8-12,14H2,(H,24,25,28). The molecule has 150 valence electrons. The van der Waals surface area contributed by atoms with Gasteiger partial charge in [-0.1, -0.05) is 29.8 Å². The van der Waals surface area contributed by atoms with Crippen LogP contribution in [0, 0.1) is 0 Å². The molecule has 0 saturated carbocycles. The van der Waals surface area contributed by atoms with Crippen LogP contribution in [0.2, 0.25) is 5.02 Å². The van der Waals surface area contributed by atoms with E-state index in [0.717, 1.165) is 47.6 Å². The maximum absolute atomic E-state index is 12.4. The summed E-state index contributed by atoms with van der Waals surface area (Å²) in [6, 6.07) is 9.57. The van der Waals surface area contributed by atoms with Crippen LogP contribution >= 0.6 is 22.9 Å². The smallest absolute Gasteiger partial charge is 0.240 e. The van der Waals surface area contributed by atoms with Crippen molar-refractivity contribution in [2.75, 3.05) is 42.9 Å². The topological polar surface area (TPSA) is 74.2 Å². The van der Waals surface area contributed by atoms with Crippen molar-refractivity contribution in [1.82, 2.24) is 19.9 Å². The number of nitrogens with zero attached hydrogens (tertiary/aromatic N) is 5. The molecule has 1 aliphatic rings. The fourth-order valence-corrected chi connectivity index (χ4v) is 4.25. The zero-order valence-electron chi connectivity index (χ0n) is 15.8. The van der Waals surface area contributed by atoms with Crippen LogP contribution in [-0.2, 0) is 11.2 Å². The van der Waals surface area contributed by atoms with Gasteiger partial charge >= 0.3 is 0 Å². The van der Waals surface area contributed by atoms with E-state index in [0.29, 0.717) is 18.1 Å². The SMILES string of the molecule is O=C(CN1CCN(c2ncccn2)CC1)Nc1ncc(Cc2ccccc2Cl)s1. The normalized spacial score (nSPS) is 14.7. The first-order chi connectivity index (χ1) is 14.2. The molecule has 1 aliphatic heterocycles. The van der Waals surface area contributed by atoms with Crippen LogP contribution in [0.3, 0.4) is 0 Å². The Morgan fingerprint density at radius 1 is 1.07 bits per heavy atom. The highest BCUT2D eigenvalue weighted by Crippen LogP contribution is 2.24. The summed E-state index contributed by atoms with van der Waals surface area (Å²) in [6.07, 6.45) is 5.99. The Bertz CT molecular complexity index is 958. The van der Waals surface area contributed by atoms with Gasteiger partial charge in [-0.3, -0.25) is 9.69 Å². The van der Waals surface area contributed by atoms with E-state index in [4.69, 9.17) is 11.6 Å². The lowest BCUT2D eigenvalue weighted by Crippen LogP contribution is -2.49. The van der Waals surface area contributed by atoms with Crippen LogP contribution in [0.1, 0.15) is 10.4 Å². The van der Waals surface area contributed by atoms with Crippen LogP contribution < -0.4 is 10.2 Å². The van der Waals surface area contributed by atoms with E-state index in [-0.39, 0.29) is 5.91 Å². The van der Waals surface area contributed by atoms with Gasteiger partial charge in [0.05, 0.1) is 6.54 Å². The number of hydrogen-bond donors (Lipinski definition) is 1. The lowest BCUT2D eigenvalue weighted by Gasteiger charge is -2.34. The molecule has 1 aromatic carbocycles. The summed E-state index contributed by atoms with van der Waals surface area (Å²) < 4.78 is 0. The van der Waals surface area contributed by atoms with E-state index in [9.17, 15) is 4.79 Å². The minimum atomic E-state index is -0.0481. The zero-order valence-corrected chi connectivity index (χ0v) is 17.4. The fraction of sp³-hybridized carbons (Fsp3) is 0.300. The van der Waals surface area contributed by atoms with E-state index in [1.54, 1.807) is 18.6 Å². The van der Waals surface area contributed by atoms with Gasteiger partial charge in [0, 0.05) is 61.1 Å². The molecule has 0 radical (unpaired) electrons. The van der Waals surface area contributed by atoms with Gasteiger partial charge in [0.1, 0.15) is 0 Å². The van der Waals surface area contributed by atoms with Crippen molar-refractivity contribution in [3.63, 3.8) is 0 Å². The minimum Gasteiger partial charge on any atom is -0.338 e. The summed E-state index contributed by atoms with van der Waals surface area (Å²) in [5.74, 6) is 0.693. The third-order valence-electron chi connectivity index (χ3n) is 4.70. The molecule has 4 rings (SSSR count). The molecule has 7 nitrogen and oxygen atoms in total. The molecule has 29 heavy (non-hydrogen) atoms. The number of carbonyl (C=O) groups excluding carboxylic acids is 1. The predicted octanol–water partition coefficient (Wildman–Crippen LogP) is 2.94. The number of amides is 1. The molecule has 1 fully saturated rings. The quantitative estimate of drug-likeness (QED) is 0.650. The maximum atomic E-state index is 12.4. The van der Waals surface area contributed by atoms with E-state index < -0.39 is 0 Å². The average Bonchev–Trinajstić information content (AvgIpc) is 3.17. The maximum Gasteiger partial charge on any atom is 0.240 e. The lowest BCUT2D eigenvalue weighted by molar-refractivity contribution is -0.117. The van der Waals surface area contributed by atoms with Gasteiger partial charge < -0.3 is 10.2 Å². The molecule has 3 aromatic rings. The van der Waals surface area contributed by atoms with Crippen LogP contribution in [0.15, 0.2) is 48.9 Å². The number of anilines is 2. The third-order valence-corrected chi connectivity index (χ3v) is 5.98. The van der Waals surface area contributed by atoms with Crippen LogP contribution in [0.4, 0.5) is 11.1 Å². The summed E-state index contributed by atoms with van der Waals surface area (Å²) in [4.78, 5) is 30.6. The molecule has 0 spiro atoms. The van der Waals surface area contributed by atoms with Crippen molar-refractivity contribution in [1.29, 1.82) is 0 Å². The van der Waals surface area contributed by atoms with E-state index in [1.807, 2.05) is 30.3 Å². The monoisotopic (exact) mass is 428 g/mol. The molecule has 1 amide bonds. The Morgan fingerprint density at radius 3 is 2.59 bits per heavy atom. The van der Waals surface area contributed by atoms with E-state index >= 15 is 0 Å².